The minimum Gasteiger partial charge on any atom is -0.496 e. The molecule has 10 heteroatoms. The summed E-state index contributed by atoms with van der Waals surface area (Å²) in [5.41, 5.74) is 1.55. The first-order valence-corrected chi connectivity index (χ1v) is 15.5. The Hall–Kier alpha value is -0.330. The molecule has 0 aliphatic carbocycles. The second kappa shape index (κ2) is 9.97. The second-order valence-corrected chi connectivity index (χ2v) is 13.6. The number of benzene rings is 4. The van der Waals surface area contributed by atoms with E-state index in [2.05, 4.69) is 102 Å². The van der Waals surface area contributed by atoms with Crippen LogP contribution in [0.4, 0.5) is 0 Å². The molecule has 0 aromatic heterocycles. The fraction of sp³-hybridized carbons (Fsp3) is 0.130. The summed E-state index contributed by atoms with van der Waals surface area (Å²) in [6.45, 7) is 0. The van der Waals surface area contributed by atoms with Crippen molar-refractivity contribution < 1.29 is 22.1 Å². The van der Waals surface area contributed by atoms with Crippen molar-refractivity contribution in [2.24, 2.45) is 0 Å². The molecule has 0 aliphatic heterocycles. The lowest BCUT2D eigenvalue weighted by Crippen LogP contribution is -2.07. The highest BCUT2D eigenvalue weighted by molar-refractivity contribution is 14.1. The maximum Gasteiger partial charge on any atom is 0.306 e. The number of halogens is 4. The van der Waals surface area contributed by atoms with Crippen molar-refractivity contribution in [1.29, 1.82) is 0 Å². The van der Waals surface area contributed by atoms with Gasteiger partial charge in [-0.3, -0.25) is 0 Å². The maximum absolute atomic E-state index is 12.2. The van der Waals surface area contributed by atoms with Crippen LogP contribution in [0, 0.1) is 14.3 Å². The highest BCUT2D eigenvalue weighted by Gasteiger charge is 2.25. The smallest absolute Gasteiger partial charge is 0.306 e. The molecule has 4 aromatic carbocycles. The van der Waals surface area contributed by atoms with Crippen molar-refractivity contribution in [3.8, 4) is 28.4 Å². The second-order valence-electron chi connectivity index (χ2n) is 7.18. The third-order valence-corrected chi connectivity index (χ3v) is 8.58. The van der Waals surface area contributed by atoms with Crippen LogP contribution in [-0.4, -0.2) is 28.9 Å². The van der Waals surface area contributed by atoms with E-state index in [9.17, 15) is 8.42 Å². The molecule has 0 amide bonds. The van der Waals surface area contributed by atoms with Crippen LogP contribution in [-0.2, 0) is 10.1 Å². The molecule has 0 atom stereocenters. The fourth-order valence-corrected chi connectivity index (χ4v) is 6.78. The van der Waals surface area contributed by atoms with Crippen molar-refractivity contribution in [2.75, 3.05) is 20.5 Å². The first kappa shape index (κ1) is 25.8. The molecular weight excluding hydrogens is 896 g/mol. The molecule has 0 spiro atoms. The van der Waals surface area contributed by atoms with Crippen molar-refractivity contribution in [3.63, 3.8) is 0 Å². The van der Waals surface area contributed by atoms with Gasteiger partial charge in [0.1, 0.15) is 11.5 Å². The van der Waals surface area contributed by atoms with Crippen LogP contribution in [0.2, 0.25) is 0 Å². The third kappa shape index (κ3) is 5.14. The summed E-state index contributed by atoms with van der Waals surface area (Å²) in [4.78, 5) is 0. The Morgan fingerprint density at radius 2 is 1.24 bits per heavy atom. The lowest BCUT2D eigenvalue weighted by molar-refractivity contribution is 0.410. The molecule has 0 N–H and O–H groups in total. The lowest BCUT2D eigenvalue weighted by Gasteiger charge is -2.21. The Kier molecular flexibility index (Phi) is 7.78. The Balaban J connectivity index is 2.29. The number of hydrogen-bond acceptors (Lipinski definition) is 5. The molecule has 0 bridgehead atoms. The van der Waals surface area contributed by atoms with Gasteiger partial charge in [0.2, 0.25) is 0 Å². The quantitative estimate of drug-likeness (QED) is 0.154. The summed E-state index contributed by atoms with van der Waals surface area (Å²) in [6, 6.07) is 13.9. The van der Waals surface area contributed by atoms with Gasteiger partial charge in [-0.15, -0.1) is 0 Å². The molecule has 5 nitrogen and oxygen atoms in total. The van der Waals surface area contributed by atoms with Crippen LogP contribution in [0.25, 0.3) is 32.7 Å². The van der Waals surface area contributed by atoms with Crippen molar-refractivity contribution in [2.45, 2.75) is 0 Å². The van der Waals surface area contributed by atoms with E-state index in [4.69, 9.17) is 13.7 Å². The fourth-order valence-electron chi connectivity index (χ4n) is 3.80. The zero-order valence-electron chi connectivity index (χ0n) is 17.5. The van der Waals surface area contributed by atoms with E-state index in [0.717, 1.165) is 47.8 Å². The molecule has 0 radical (unpaired) electrons. The predicted molar refractivity (Wildman–Crippen MR) is 166 cm³/mol. The number of rotatable bonds is 5. The number of fused-ring (bicyclic) bond motifs is 2. The molecule has 33 heavy (non-hydrogen) atoms. The predicted octanol–water partition coefficient (Wildman–Crippen LogP) is 7.43. The number of methoxy groups -OCH3 is 2. The van der Waals surface area contributed by atoms with Crippen LogP contribution in [0.1, 0.15) is 0 Å². The van der Waals surface area contributed by atoms with Crippen LogP contribution < -0.4 is 13.7 Å². The van der Waals surface area contributed by atoms with E-state index >= 15 is 0 Å². The monoisotopic (exact) mass is 912 g/mol. The van der Waals surface area contributed by atoms with Crippen LogP contribution in [0.5, 0.6) is 17.2 Å². The van der Waals surface area contributed by atoms with Crippen molar-refractivity contribution in [1.82, 2.24) is 0 Å². The molecule has 0 fully saturated rings. The average molecular weight is 912 g/mol. The Bertz CT molecular complexity index is 1530. The minimum atomic E-state index is -3.77. The van der Waals surface area contributed by atoms with Crippen LogP contribution in [0.3, 0.4) is 0 Å². The molecule has 0 unspecified atom stereocenters. The van der Waals surface area contributed by atoms with Gasteiger partial charge in [-0.2, -0.15) is 8.42 Å². The minimum absolute atomic E-state index is 0.255. The van der Waals surface area contributed by atoms with E-state index < -0.39 is 10.1 Å². The number of hydrogen-bond donors (Lipinski definition) is 0. The van der Waals surface area contributed by atoms with Crippen molar-refractivity contribution in [3.05, 3.63) is 56.7 Å². The van der Waals surface area contributed by atoms with Gasteiger partial charge >= 0.3 is 10.1 Å². The number of ether oxygens (including phenoxy) is 2. The molecule has 0 saturated heterocycles. The van der Waals surface area contributed by atoms with Crippen LogP contribution in [0.15, 0.2) is 42.5 Å². The van der Waals surface area contributed by atoms with Gasteiger partial charge in [0.05, 0.1) is 20.5 Å². The zero-order valence-corrected chi connectivity index (χ0v) is 26.9. The van der Waals surface area contributed by atoms with Gasteiger partial charge in [0.15, 0.2) is 5.75 Å². The largest absolute Gasteiger partial charge is 0.496 e. The third-order valence-electron chi connectivity index (χ3n) is 5.02. The van der Waals surface area contributed by atoms with Gasteiger partial charge in [-0.1, -0.05) is 6.07 Å². The molecule has 172 valence electrons. The van der Waals surface area contributed by atoms with E-state index in [1.54, 1.807) is 20.3 Å². The highest BCUT2D eigenvalue weighted by atomic mass is 127. The zero-order chi connectivity index (χ0) is 24.1. The van der Waals surface area contributed by atoms with Gasteiger partial charge in [0, 0.05) is 36.2 Å². The molecule has 0 saturated carbocycles. The average Bonchev–Trinajstić information content (AvgIpc) is 2.73. The first-order valence-electron chi connectivity index (χ1n) is 9.39. The maximum atomic E-state index is 12.2. The van der Waals surface area contributed by atoms with E-state index in [0.29, 0.717) is 16.9 Å². The van der Waals surface area contributed by atoms with Gasteiger partial charge in [0.25, 0.3) is 0 Å². The normalized spacial score (nSPS) is 11.7. The molecule has 4 aromatic rings. The summed E-state index contributed by atoms with van der Waals surface area (Å²) >= 11 is 9.01. The Labute approximate surface area is 246 Å². The van der Waals surface area contributed by atoms with Gasteiger partial charge in [-0.05, 0) is 138 Å². The van der Waals surface area contributed by atoms with E-state index in [1.165, 1.54) is 0 Å². The summed E-state index contributed by atoms with van der Waals surface area (Å²) in [5.74, 6) is 1.52. The molecular formula is C23H16I4O5S. The highest BCUT2D eigenvalue weighted by Crippen LogP contribution is 2.50. The summed E-state index contributed by atoms with van der Waals surface area (Å²) in [6.07, 6.45) is 1.05. The molecule has 4 rings (SSSR count). The van der Waals surface area contributed by atoms with Gasteiger partial charge < -0.3 is 13.7 Å². The van der Waals surface area contributed by atoms with Crippen molar-refractivity contribution >= 4 is 122 Å². The standard InChI is InChI=1S/C23H16I4O5S/c1-30-18-9-16(26)14-6-11(24)4-5-13(14)21(18)23-19(31-2)10-17(27)15-7-12(25)8-20(22(15)23)32-33(3,28)29/h4-10H,1-3H3. The summed E-state index contributed by atoms with van der Waals surface area (Å²) < 4.78 is 45.5. The van der Waals surface area contributed by atoms with E-state index in [1.807, 2.05) is 24.3 Å². The molecule has 0 aliphatic rings. The summed E-state index contributed by atoms with van der Waals surface area (Å²) in [7, 11) is -0.531. The summed E-state index contributed by atoms with van der Waals surface area (Å²) in [5, 5.41) is 3.58. The lowest BCUT2D eigenvalue weighted by atomic mass is 9.91. The Morgan fingerprint density at radius 3 is 1.85 bits per heavy atom. The Morgan fingerprint density at radius 1 is 0.667 bits per heavy atom. The van der Waals surface area contributed by atoms with Gasteiger partial charge in [-0.25, -0.2) is 0 Å². The molecule has 0 heterocycles. The SMILES string of the molecule is COc1cc(I)c2cc(I)ccc2c1-c1c(OC)cc(I)c2cc(I)cc(OS(C)(=O)=O)c12. The van der Waals surface area contributed by atoms with E-state index in [-0.39, 0.29) is 5.75 Å². The van der Waals surface area contributed by atoms with Crippen LogP contribution >= 0.6 is 90.4 Å². The topological polar surface area (TPSA) is 61.8 Å². The first-order chi connectivity index (χ1) is 15.5.